The largest absolute Gasteiger partial charge is 0.384 e. The topological polar surface area (TPSA) is 80.9 Å². The Morgan fingerprint density at radius 2 is 2.24 bits per heavy atom. The first kappa shape index (κ1) is 11.8. The zero-order chi connectivity index (χ0) is 12.4. The average Bonchev–Trinajstić information content (AvgIpc) is 2.67. The second kappa shape index (κ2) is 4.68. The quantitative estimate of drug-likeness (QED) is 0.876. The van der Waals surface area contributed by atoms with Gasteiger partial charge in [0.1, 0.15) is 5.82 Å². The van der Waals surface area contributed by atoms with Crippen LogP contribution in [0.25, 0.3) is 0 Å². The summed E-state index contributed by atoms with van der Waals surface area (Å²) in [5.41, 5.74) is 5.78. The maximum absolute atomic E-state index is 11.9. The molecule has 2 aromatic rings. The molecule has 0 radical (unpaired) electrons. The summed E-state index contributed by atoms with van der Waals surface area (Å²) >= 11 is 7.25. The number of aromatic nitrogens is 2. The Bertz CT molecular complexity index is 569. The second-order valence-corrected chi connectivity index (χ2v) is 4.96. The molecule has 1 amide bonds. The highest BCUT2D eigenvalue weighted by molar-refractivity contribution is 7.15. The highest BCUT2D eigenvalue weighted by Crippen LogP contribution is 2.21. The first-order valence-electron chi connectivity index (χ1n) is 4.71. The summed E-state index contributed by atoms with van der Waals surface area (Å²) in [6, 6.07) is 1.43. The fourth-order valence-corrected chi connectivity index (χ4v) is 2.05. The highest BCUT2D eigenvalue weighted by atomic mass is 35.5. The van der Waals surface area contributed by atoms with Crippen LogP contribution in [0.5, 0.6) is 0 Å². The molecule has 0 aromatic carbocycles. The molecule has 0 atom stereocenters. The number of hydrogen-bond donors (Lipinski definition) is 2. The Morgan fingerprint density at radius 1 is 1.47 bits per heavy atom. The fourth-order valence-electron chi connectivity index (χ4n) is 1.21. The molecular weight excluding hydrogens is 260 g/mol. The van der Waals surface area contributed by atoms with Crippen molar-refractivity contribution in [2.45, 2.75) is 6.92 Å². The molecule has 0 unspecified atom stereocenters. The van der Waals surface area contributed by atoms with Gasteiger partial charge in [0.15, 0.2) is 5.13 Å². The van der Waals surface area contributed by atoms with E-state index >= 15 is 0 Å². The number of rotatable bonds is 2. The number of hydrogen-bond acceptors (Lipinski definition) is 5. The number of nitrogens with two attached hydrogens (primary N) is 1. The minimum atomic E-state index is -0.349. The Kier molecular flexibility index (Phi) is 3.26. The van der Waals surface area contributed by atoms with Gasteiger partial charge in [-0.15, -0.1) is 11.3 Å². The van der Waals surface area contributed by atoms with Crippen molar-refractivity contribution in [1.82, 2.24) is 9.97 Å². The number of nitrogens with one attached hydrogen (secondary N) is 1. The predicted octanol–water partition coefficient (Wildman–Crippen LogP) is 2.33. The van der Waals surface area contributed by atoms with Crippen LogP contribution >= 0.6 is 22.9 Å². The normalized spacial score (nSPS) is 10.2. The maximum atomic E-state index is 11.9. The van der Waals surface area contributed by atoms with Gasteiger partial charge in [-0.05, 0) is 13.0 Å². The summed E-state index contributed by atoms with van der Waals surface area (Å²) in [5, 5.41) is 3.43. The first-order valence-corrected chi connectivity index (χ1v) is 5.90. The number of nitrogens with zero attached hydrogens (tertiary/aromatic N) is 2. The van der Waals surface area contributed by atoms with E-state index in [-0.39, 0.29) is 22.3 Å². The van der Waals surface area contributed by atoms with Crippen LogP contribution in [0.4, 0.5) is 10.9 Å². The van der Waals surface area contributed by atoms with Crippen LogP contribution in [0.1, 0.15) is 15.2 Å². The Morgan fingerprint density at radius 3 is 2.88 bits per heavy atom. The lowest BCUT2D eigenvalue weighted by Crippen LogP contribution is -2.13. The van der Waals surface area contributed by atoms with Crippen molar-refractivity contribution in [3.8, 4) is 0 Å². The van der Waals surface area contributed by atoms with Crippen molar-refractivity contribution < 1.29 is 4.79 Å². The van der Waals surface area contributed by atoms with Gasteiger partial charge < -0.3 is 5.73 Å². The molecule has 0 saturated heterocycles. The zero-order valence-electron chi connectivity index (χ0n) is 8.90. The highest BCUT2D eigenvalue weighted by Gasteiger charge is 2.13. The summed E-state index contributed by atoms with van der Waals surface area (Å²) in [7, 11) is 0. The molecule has 2 aromatic heterocycles. The van der Waals surface area contributed by atoms with Gasteiger partial charge >= 0.3 is 0 Å². The van der Waals surface area contributed by atoms with Crippen LogP contribution in [0.15, 0.2) is 18.5 Å². The molecule has 0 aliphatic heterocycles. The summed E-state index contributed by atoms with van der Waals surface area (Å²) in [4.78, 5) is 20.7. The lowest BCUT2D eigenvalue weighted by molar-refractivity contribution is 0.102. The minimum absolute atomic E-state index is 0.245. The predicted molar refractivity (Wildman–Crippen MR) is 68.5 cm³/mol. The van der Waals surface area contributed by atoms with Gasteiger partial charge in [0, 0.05) is 17.3 Å². The van der Waals surface area contributed by atoms with Crippen molar-refractivity contribution in [3.05, 3.63) is 33.9 Å². The summed E-state index contributed by atoms with van der Waals surface area (Å²) in [6.07, 6.45) is 3.03. The second-order valence-electron chi connectivity index (χ2n) is 3.32. The standard InChI is InChI=1S/C10H9ClN4OS/c1-5-3-14-10(17-5)15-9(16)6-2-8(12)13-4-7(6)11/h2-4H,1H3,(H2,12,13)(H,14,15,16). The molecule has 0 spiro atoms. The van der Waals surface area contributed by atoms with Crippen molar-refractivity contribution in [2.75, 3.05) is 11.1 Å². The van der Waals surface area contributed by atoms with Crippen molar-refractivity contribution in [1.29, 1.82) is 0 Å². The van der Waals surface area contributed by atoms with Crippen LogP contribution in [-0.4, -0.2) is 15.9 Å². The number of nitrogen functional groups attached to an aromatic ring is 1. The number of anilines is 2. The lowest BCUT2D eigenvalue weighted by atomic mass is 10.2. The van der Waals surface area contributed by atoms with Gasteiger partial charge in [-0.1, -0.05) is 11.6 Å². The van der Waals surface area contributed by atoms with Crippen molar-refractivity contribution >= 4 is 39.8 Å². The monoisotopic (exact) mass is 268 g/mol. The fraction of sp³-hybridized carbons (Fsp3) is 0.100. The summed E-state index contributed by atoms with van der Waals surface area (Å²) in [5.74, 6) is -0.103. The van der Waals surface area contributed by atoms with E-state index in [2.05, 4.69) is 15.3 Å². The molecule has 88 valence electrons. The maximum Gasteiger partial charge on any atom is 0.259 e. The summed E-state index contributed by atoms with van der Waals surface area (Å²) < 4.78 is 0. The van der Waals surface area contributed by atoms with Gasteiger partial charge in [-0.25, -0.2) is 9.97 Å². The van der Waals surface area contributed by atoms with E-state index in [1.807, 2.05) is 6.92 Å². The molecule has 7 heteroatoms. The van der Waals surface area contributed by atoms with Gasteiger partial charge in [0.05, 0.1) is 10.6 Å². The summed E-state index contributed by atoms with van der Waals surface area (Å²) in [6.45, 7) is 1.91. The zero-order valence-corrected chi connectivity index (χ0v) is 10.5. The SMILES string of the molecule is Cc1cnc(NC(=O)c2cc(N)ncc2Cl)s1. The smallest absolute Gasteiger partial charge is 0.259 e. The first-order chi connectivity index (χ1) is 8.06. The van der Waals surface area contributed by atoms with E-state index < -0.39 is 0 Å². The van der Waals surface area contributed by atoms with Crippen LogP contribution < -0.4 is 11.1 Å². The molecule has 17 heavy (non-hydrogen) atoms. The minimum Gasteiger partial charge on any atom is -0.384 e. The van der Waals surface area contributed by atoms with Gasteiger partial charge in [-0.2, -0.15) is 0 Å². The number of pyridine rings is 1. The number of carbonyl (C=O) groups excluding carboxylic acids is 1. The Balaban J connectivity index is 2.22. The van der Waals surface area contributed by atoms with Crippen LogP contribution in [-0.2, 0) is 0 Å². The van der Waals surface area contributed by atoms with Gasteiger partial charge in [0.2, 0.25) is 0 Å². The number of amides is 1. The van der Waals surface area contributed by atoms with Crippen LogP contribution in [0, 0.1) is 6.92 Å². The van der Waals surface area contributed by atoms with Gasteiger partial charge in [-0.3, -0.25) is 10.1 Å². The van der Waals surface area contributed by atoms with E-state index in [9.17, 15) is 4.79 Å². The van der Waals surface area contributed by atoms with E-state index in [4.69, 9.17) is 17.3 Å². The molecule has 0 bridgehead atoms. The third-order valence-electron chi connectivity index (χ3n) is 1.96. The van der Waals surface area contributed by atoms with E-state index in [1.54, 1.807) is 6.20 Å². The number of halogens is 1. The molecule has 0 aliphatic rings. The number of thiazole rings is 1. The molecule has 0 saturated carbocycles. The molecule has 0 aliphatic carbocycles. The average molecular weight is 269 g/mol. The molecule has 2 rings (SSSR count). The van der Waals surface area contributed by atoms with Crippen LogP contribution in [0.3, 0.4) is 0 Å². The third-order valence-corrected chi connectivity index (χ3v) is 3.09. The Hall–Kier alpha value is -1.66. The third kappa shape index (κ3) is 2.72. The molecular formula is C10H9ClN4OS. The number of carbonyl (C=O) groups is 1. The molecule has 0 fully saturated rings. The van der Waals surface area contributed by atoms with Gasteiger partial charge in [0.25, 0.3) is 5.91 Å². The van der Waals surface area contributed by atoms with E-state index in [1.165, 1.54) is 23.6 Å². The van der Waals surface area contributed by atoms with Crippen molar-refractivity contribution in [3.63, 3.8) is 0 Å². The van der Waals surface area contributed by atoms with Crippen LogP contribution in [0.2, 0.25) is 5.02 Å². The van der Waals surface area contributed by atoms with E-state index in [0.717, 1.165) is 4.88 Å². The molecule has 3 N–H and O–H groups in total. The molecule has 2 heterocycles. The number of aryl methyl sites for hydroxylation is 1. The van der Waals surface area contributed by atoms with Crippen molar-refractivity contribution in [2.24, 2.45) is 0 Å². The van der Waals surface area contributed by atoms with E-state index in [0.29, 0.717) is 5.13 Å². The molecule has 5 nitrogen and oxygen atoms in total. The lowest BCUT2D eigenvalue weighted by Gasteiger charge is -2.04. The Labute approximate surface area is 107 Å².